The van der Waals surface area contributed by atoms with Crippen LogP contribution in [-0.4, -0.2) is 48.8 Å². The third-order valence-electron chi connectivity index (χ3n) is 3.08. The highest BCUT2D eigenvalue weighted by Gasteiger charge is 2.26. The summed E-state index contributed by atoms with van der Waals surface area (Å²) in [6, 6.07) is 0. The number of aliphatic hydroxyl groups is 1. The van der Waals surface area contributed by atoms with Gasteiger partial charge < -0.3 is 14.7 Å². The second kappa shape index (κ2) is 5.47. The van der Waals surface area contributed by atoms with Gasteiger partial charge in [0.1, 0.15) is 0 Å². The maximum Gasteiger partial charge on any atom is 0.309 e. The topological polar surface area (TPSA) is 49.8 Å². The van der Waals surface area contributed by atoms with Crippen LogP contribution >= 0.6 is 0 Å². The monoisotopic (exact) mass is 215 g/mol. The lowest BCUT2D eigenvalue weighted by atomic mass is 9.96. The zero-order chi connectivity index (χ0) is 11.4. The van der Waals surface area contributed by atoms with Crippen LogP contribution in [0.25, 0.3) is 0 Å². The molecule has 0 bridgehead atoms. The predicted octanol–water partition coefficient (Wildman–Crippen LogP) is 0.498. The van der Waals surface area contributed by atoms with E-state index in [1.54, 1.807) is 0 Å². The largest absolute Gasteiger partial charge is 0.469 e. The number of piperidine rings is 1. The van der Waals surface area contributed by atoms with E-state index in [1.165, 1.54) is 7.11 Å². The van der Waals surface area contributed by atoms with E-state index in [4.69, 9.17) is 0 Å². The normalized spacial score (nSPS) is 29.9. The molecular weight excluding hydrogens is 194 g/mol. The number of esters is 1. The number of methoxy groups -OCH3 is 1. The molecule has 4 nitrogen and oxygen atoms in total. The third kappa shape index (κ3) is 3.47. The molecule has 0 amide bonds. The number of nitrogens with zero attached hydrogens (tertiary/aromatic N) is 1. The molecule has 1 heterocycles. The lowest BCUT2D eigenvalue weighted by Gasteiger charge is -2.35. The maximum atomic E-state index is 11.2. The summed E-state index contributed by atoms with van der Waals surface area (Å²) in [7, 11) is 1.42. The minimum absolute atomic E-state index is 0.0857. The van der Waals surface area contributed by atoms with Crippen molar-refractivity contribution in [1.82, 2.24) is 4.90 Å². The van der Waals surface area contributed by atoms with E-state index in [0.717, 1.165) is 26.1 Å². The molecule has 4 heteroatoms. The first kappa shape index (κ1) is 12.5. The molecule has 15 heavy (non-hydrogen) atoms. The maximum absolute atomic E-state index is 11.2. The molecule has 0 saturated carbocycles. The first-order valence-electron chi connectivity index (χ1n) is 5.52. The Morgan fingerprint density at radius 1 is 1.67 bits per heavy atom. The van der Waals surface area contributed by atoms with Gasteiger partial charge in [-0.1, -0.05) is 13.8 Å². The van der Waals surface area contributed by atoms with Crippen molar-refractivity contribution in [2.75, 3.05) is 26.7 Å². The van der Waals surface area contributed by atoms with Gasteiger partial charge in [-0.25, -0.2) is 0 Å². The Bertz CT molecular complexity index is 220. The summed E-state index contributed by atoms with van der Waals surface area (Å²) in [5.74, 6) is 0.0508. The average molecular weight is 215 g/mol. The second-order valence-corrected chi connectivity index (χ2v) is 4.52. The van der Waals surface area contributed by atoms with Crippen LogP contribution in [0.15, 0.2) is 0 Å². The minimum atomic E-state index is -0.185. The van der Waals surface area contributed by atoms with Gasteiger partial charge in [0, 0.05) is 19.6 Å². The van der Waals surface area contributed by atoms with E-state index in [1.807, 2.05) is 13.8 Å². The summed E-state index contributed by atoms with van der Waals surface area (Å²) in [5, 5.41) is 9.57. The molecule has 0 radical (unpaired) electrons. The molecule has 1 aliphatic rings. The number of aliphatic hydroxyl groups excluding tert-OH is 1. The SMILES string of the molecule is COC(=O)C(C)CN1CCC(O)C(C)C1. The van der Waals surface area contributed by atoms with Gasteiger partial charge in [0.15, 0.2) is 0 Å². The predicted molar refractivity (Wildman–Crippen MR) is 57.4 cm³/mol. The lowest BCUT2D eigenvalue weighted by molar-refractivity contribution is -0.145. The first-order valence-corrected chi connectivity index (χ1v) is 5.52. The molecule has 1 saturated heterocycles. The van der Waals surface area contributed by atoms with Crippen LogP contribution in [0.4, 0.5) is 0 Å². The van der Waals surface area contributed by atoms with Gasteiger partial charge in [-0.3, -0.25) is 4.79 Å². The van der Waals surface area contributed by atoms with Crippen molar-refractivity contribution in [3.8, 4) is 0 Å². The van der Waals surface area contributed by atoms with Gasteiger partial charge in [-0.15, -0.1) is 0 Å². The summed E-state index contributed by atoms with van der Waals surface area (Å²) < 4.78 is 4.69. The molecule has 1 N–H and O–H groups in total. The van der Waals surface area contributed by atoms with E-state index in [9.17, 15) is 9.90 Å². The zero-order valence-corrected chi connectivity index (χ0v) is 9.77. The van der Waals surface area contributed by atoms with Crippen molar-refractivity contribution < 1.29 is 14.6 Å². The van der Waals surface area contributed by atoms with Crippen LogP contribution in [0.1, 0.15) is 20.3 Å². The summed E-state index contributed by atoms with van der Waals surface area (Å²) >= 11 is 0. The smallest absolute Gasteiger partial charge is 0.309 e. The Kier molecular flexibility index (Phi) is 4.54. The third-order valence-corrected chi connectivity index (χ3v) is 3.08. The Labute approximate surface area is 91.2 Å². The van der Waals surface area contributed by atoms with E-state index in [-0.39, 0.29) is 18.0 Å². The van der Waals surface area contributed by atoms with Crippen LogP contribution < -0.4 is 0 Å². The number of hydrogen-bond donors (Lipinski definition) is 1. The average Bonchev–Trinajstić information content (AvgIpc) is 2.22. The summed E-state index contributed by atoms with van der Waals surface area (Å²) in [6.45, 7) is 6.38. The van der Waals surface area contributed by atoms with Crippen molar-refractivity contribution >= 4 is 5.97 Å². The molecule has 0 aromatic carbocycles. The summed E-state index contributed by atoms with van der Waals surface area (Å²) in [6.07, 6.45) is 0.615. The van der Waals surface area contributed by atoms with Crippen molar-refractivity contribution in [3.05, 3.63) is 0 Å². The summed E-state index contributed by atoms with van der Waals surface area (Å²) in [4.78, 5) is 13.5. The van der Waals surface area contributed by atoms with Gasteiger partial charge in [-0.2, -0.15) is 0 Å². The van der Waals surface area contributed by atoms with Crippen molar-refractivity contribution in [2.24, 2.45) is 11.8 Å². The van der Waals surface area contributed by atoms with Gasteiger partial charge in [0.2, 0.25) is 0 Å². The van der Waals surface area contributed by atoms with E-state index < -0.39 is 0 Å². The Morgan fingerprint density at radius 2 is 2.33 bits per heavy atom. The number of likely N-dealkylation sites (tertiary alicyclic amines) is 1. The number of carbonyl (C=O) groups is 1. The fraction of sp³-hybridized carbons (Fsp3) is 0.909. The van der Waals surface area contributed by atoms with Crippen molar-refractivity contribution in [2.45, 2.75) is 26.4 Å². The quantitative estimate of drug-likeness (QED) is 0.696. The molecule has 0 aromatic heterocycles. The van der Waals surface area contributed by atoms with Crippen LogP contribution in [0.2, 0.25) is 0 Å². The summed E-state index contributed by atoms with van der Waals surface area (Å²) in [5.41, 5.74) is 0. The van der Waals surface area contributed by atoms with Crippen LogP contribution in [0, 0.1) is 11.8 Å². The number of ether oxygens (including phenoxy) is 1. The molecule has 1 aliphatic heterocycles. The zero-order valence-electron chi connectivity index (χ0n) is 9.77. The molecule has 0 aromatic rings. The van der Waals surface area contributed by atoms with Gasteiger partial charge >= 0.3 is 5.97 Å². The lowest BCUT2D eigenvalue weighted by Crippen LogP contribution is -2.44. The highest BCUT2D eigenvalue weighted by molar-refractivity contribution is 5.72. The highest BCUT2D eigenvalue weighted by atomic mass is 16.5. The van der Waals surface area contributed by atoms with Crippen LogP contribution in [-0.2, 0) is 9.53 Å². The standard InChI is InChI=1S/C11H21NO3/c1-8-6-12(5-4-10(8)13)7-9(2)11(14)15-3/h8-10,13H,4-7H2,1-3H3. The number of rotatable bonds is 3. The van der Waals surface area contributed by atoms with Crippen molar-refractivity contribution in [1.29, 1.82) is 0 Å². The Morgan fingerprint density at radius 3 is 2.87 bits per heavy atom. The molecule has 0 aliphatic carbocycles. The fourth-order valence-electron chi connectivity index (χ4n) is 2.05. The molecule has 0 spiro atoms. The van der Waals surface area contributed by atoms with Gasteiger partial charge in [0.25, 0.3) is 0 Å². The second-order valence-electron chi connectivity index (χ2n) is 4.52. The minimum Gasteiger partial charge on any atom is -0.469 e. The van der Waals surface area contributed by atoms with E-state index in [0.29, 0.717) is 5.92 Å². The van der Waals surface area contributed by atoms with Gasteiger partial charge in [0.05, 0.1) is 19.1 Å². The van der Waals surface area contributed by atoms with Gasteiger partial charge in [-0.05, 0) is 12.3 Å². The number of carbonyl (C=O) groups excluding carboxylic acids is 1. The molecular formula is C11H21NO3. The molecule has 3 atom stereocenters. The molecule has 1 fully saturated rings. The molecule has 1 rings (SSSR count). The van der Waals surface area contributed by atoms with Crippen LogP contribution in [0.3, 0.4) is 0 Å². The highest BCUT2D eigenvalue weighted by Crippen LogP contribution is 2.17. The van der Waals surface area contributed by atoms with E-state index >= 15 is 0 Å². The fourth-order valence-corrected chi connectivity index (χ4v) is 2.05. The van der Waals surface area contributed by atoms with Crippen molar-refractivity contribution in [3.63, 3.8) is 0 Å². The number of hydrogen-bond acceptors (Lipinski definition) is 4. The first-order chi connectivity index (χ1) is 7.04. The molecule has 88 valence electrons. The van der Waals surface area contributed by atoms with Crippen LogP contribution in [0.5, 0.6) is 0 Å². The van der Waals surface area contributed by atoms with E-state index in [2.05, 4.69) is 9.64 Å². The Hall–Kier alpha value is -0.610. The molecule has 3 unspecified atom stereocenters. The Balaban J connectivity index is 2.36.